The van der Waals surface area contributed by atoms with Gasteiger partial charge in [-0.2, -0.15) is 0 Å². The lowest BCUT2D eigenvalue weighted by molar-refractivity contribution is -0.132. The van der Waals surface area contributed by atoms with Gasteiger partial charge in [-0.25, -0.2) is 0 Å². The average molecular weight is 299 g/mol. The lowest BCUT2D eigenvalue weighted by Crippen LogP contribution is -2.41. The van der Waals surface area contributed by atoms with E-state index in [1.54, 1.807) is 11.9 Å². The van der Waals surface area contributed by atoms with Gasteiger partial charge >= 0.3 is 0 Å². The van der Waals surface area contributed by atoms with Crippen LogP contribution in [0, 0.1) is 0 Å². The van der Waals surface area contributed by atoms with Crippen molar-refractivity contribution in [3.63, 3.8) is 0 Å². The molecule has 0 aromatic heterocycles. The minimum Gasteiger partial charge on any atom is -0.340 e. The van der Waals surface area contributed by atoms with Gasteiger partial charge in [-0.15, -0.1) is 0 Å². The molecule has 17 heavy (non-hydrogen) atoms. The number of likely N-dealkylation sites (N-methyl/N-ethyl adjacent to an activating group) is 1. The van der Waals surface area contributed by atoms with Crippen LogP contribution in [0.3, 0.4) is 0 Å². The van der Waals surface area contributed by atoms with Gasteiger partial charge in [-0.05, 0) is 18.1 Å². The van der Waals surface area contributed by atoms with Crippen LogP contribution in [0.15, 0.2) is 28.7 Å². The number of halogens is 1. The number of benzene rings is 1. The van der Waals surface area contributed by atoms with E-state index in [2.05, 4.69) is 15.9 Å². The SMILES string of the molecule is CCCC(N)C(=O)N(C)Cc1ccccc1Br. The van der Waals surface area contributed by atoms with E-state index in [-0.39, 0.29) is 11.9 Å². The van der Waals surface area contributed by atoms with Crippen LogP contribution in [0.5, 0.6) is 0 Å². The van der Waals surface area contributed by atoms with Crippen LogP contribution in [0.4, 0.5) is 0 Å². The number of carbonyl (C=O) groups excluding carboxylic acids is 1. The van der Waals surface area contributed by atoms with Gasteiger partial charge in [0.2, 0.25) is 5.91 Å². The third kappa shape index (κ3) is 4.13. The van der Waals surface area contributed by atoms with Gasteiger partial charge in [-0.3, -0.25) is 4.79 Å². The molecule has 0 fully saturated rings. The Labute approximate surface area is 111 Å². The molecule has 0 aliphatic carbocycles. The first-order valence-corrected chi connectivity index (χ1v) is 6.59. The predicted molar refractivity (Wildman–Crippen MR) is 73.5 cm³/mol. The Morgan fingerprint density at radius 3 is 2.71 bits per heavy atom. The number of rotatable bonds is 5. The van der Waals surface area contributed by atoms with E-state index in [4.69, 9.17) is 5.73 Å². The zero-order valence-electron chi connectivity index (χ0n) is 10.3. The van der Waals surface area contributed by atoms with Gasteiger partial charge in [0, 0.05) is 18.1 Å². The minimum absolute atomic E-state index is 0.00241. The molecule has 3 nitrogen and oxygen atoms in total. The largest absolute Gasteiger partial charge is 0.340 e. The van der Waals surface area contributed by atoms with E-state index in [9.17, 15) is 4.79 Å². The summed E-state index contributed by atoms with van der Waals surface area (Å²) in [6, 6.07) is 7.51. The van der Waals surface area contributed by atoms with Crippen molar-refractivity contribution < 1.29 is 4.79 Å². The van der Waals surface area contributed by atoms with E-state index in [1.165, 1.54) is 0 Å². The first kappa shape index (κ1) is 14.2. The highest BCUT2D eigenvalue weighted by atomic mass is 79.9. The molecule has 1 rings (SSSR count). The third-order valence-corrected chi connectivity index (χ3v) is 3.43. The molecule has 1 aromatic rings. The summed E-state index contributed by atoms with van der Waals surface area (Å²) in [6.07, 6.45) is 1.66. The summed E-state index contributed by atoms with van der Waals surface area (Å²) in [4.78, 5) is 13.6. The van der Waals surface area contributed by atoms with Crippen LogP contribution in [-0.4, -0.2) is 23.9 Å². The second kappa shape index (κ2) is 6.77. The van der Waals surface area contributed by atoms with Crippen molar-refractivity contribution in [3.05, 3.63) is 34.3 Å². The zero-order valence-corrected chi connectivity index (χ0v) is 11.9. The molecule has 1 atom stereocenters. The standard InChI is InChI=1S/C13H19BrN2O/c1-3-6-12(15)13(17)16(2)9-10-7-4-5-8-11(10)14/h4-5,7-8,12H,3,6,9,15H2,1-2H3. The van der Waals surface area contributed by atoms with Gasteiger partial charge in [0.15, 0.2) is 0 Å². The highest BCUT2D eigenvalue weighted by Crippen LogP contribution is 2.17. The minimum atomic E-state index is -0.382. The van der Waals surface area contributed by atoms with Crippen molar-refractivity contribution >= 4 is 21.8 Å². The maximum atomic E-state index is 11.9. The first-order chi connectivity index (χ1) is 8.06. The molecule has 0 saturated heterocycles. The Morgan fingerprint density at radius 2 is 2.12 bits per heavy atom. The summed E-state index contributed by atoms with van der Waals surface area (Å²) in [5.41, 5.74) is 6.91. The van der Waals surface area contributed by atoms with Crippen LogP contribution in [-0.2, 0) is 11.3 Å². The Hall–Kier alpha value is -0.870. The summed E-state index contributed by atoms with van der Waals surface area (Å²) >= 11 is 3.47. The molecular formula is C13H19BrN2O. The van der Waals surface area contributed by atoms with E-state index in [0.29, 0.717) is 6.54 Å². The number of hydrogen-bond acceptors (Lipinski definition) is 2. The summed E-state index contributed by atoms with van der Waals surface area (Å²) in [5.74, 6) is 0.00241. The maximum Gasteiger partial charge on any atom is 0.239 e. The molecule has 94 valence electrons. The van der Waals surface area contributed by atoms with Crippen LogP contribution in [0.1, 0.15) is 25.3 Å². The molecule has 0 radical (unpaired) electrons. The second-order valence-corrected chi connectivity index (χ2v) is 5.04. The van der Waals surface area contributed by atoms with E-state index >= 15 is 0 Å². The molecule has 0 heterocycles. The smallest absolute Gasteiger partial charge is 0.239 e. The fourth-order valence-electron chi connectivity index (χ4n) is 1.68. The topological polar surface area (TPSA) is 46.3 Å². The number of nitrogens with two attached hydrogens (primary N) is 1. The van der Waals surface area contributed by atoms with Crippen LogP contribution in [0.25, 0.3) is 0 Å². The zero-order chi connectivity index (χ0) is 12.8. The molecule has 0 aliphatic rings. The van der Waals surface area contributed by atoms with E-state index in [1.807, 2.05) is 31.2 Å². The third-order valence-electron chi connectivity index (χ3n) is 2.66. The first-order valence-electron chi connectivity index (χ1n) is 5.80. The molecule has 1 unspecified atom stereocenters. The Kier molecular flexibility index (Phi) is 5.65. The number of carbonyl (C=O) groups is 1. The average Bonchev–Trinajstić information content (AvgIpc) is 2.31. The molecule has 1 aromatic carbocycles. The van der Waals surface area contributed by atoms with Crippen molar-refractivity contribution in [1.29, 1.82) is 0 Å². The Morgan fingerprint density at radius 1 is 1.47 bits per heavy atom. The van der Waals surface area contributed by atoms with Gasteiger partial charge in [0.25, 0.3) is 0 Å². The molecular weight excluding hydrogens is 280 g/mol. The van der Waals surface area contributed by atoms with Crippen molar-refractivity contribution in [2.75, 3.05) is 7.05 Å². The molecule has 1 amide bonds. The number of hydrogen-bond donors (Lipinski definition) is 1. The maximum absolute atomic E-state index is 11.9. The molecule has 0 spiro atoms. The quantitative estimate of drug-likeness (QED) is 0.908. The fourth-order valence-corrected chi connectivity index (χ4v) is 2.09. The lowest BCUT2D eigenvalue weighted by atomic mass is 10.1. The molecule has 0 saturated carbocycles. The molecule has 0 aliphatic heterocycles. The van der Waals surface area contributed by atoms with Gasteiger partial charge in [0.05, 0.1) is 6.04 Å². The molecule has 0 bridgehead atoms. The van der Waals surface area contributed by atoms with Crippen LogP contribution >= 0.6 is 15.9 Å². The highest BCUT2D eigenvalue weighted by molar-refractivity contribution is 9.10. The number of nitrogens with zero attached hydrogens (tertiary/aromatic N) is 1. The summed E-state index contributed by atoms with van der Waals surface area (Å²) in [7, 11) is 1.79. The normalized spacial score (nSPS) is 12.2. The highest BCUT2D eigenvalue weighted by Gasteiger charge is 2.17. The molecule has 2 N–H and O–H groups in total. The summed E-state index contributed by atoms with van der Waals surface area (Å²) < 4.78 is 1.02. The number of amides is 1. The van der Waals surface area contributed by atoms with E-state index in [0.717, 1.165) is 22.9 Å². The van der Waals surface area contributed by atoms with Crippen LogP contribution < -0.4 is 5.73 Å². The van der Waals surface area contributed by atoms with Crippen LogP contribution in [0.2, 0.25) is 0 Å². The van der Waals surface area contributed by atoms with Crippen molar-refractivity contribution in [2.45, 2.75) is 32.4 Å². The van der Waals surface area contributed by atoms with Crippen molar-refractivity contribution in [3.8, 4) is 0 Å². The second-order valence-electron chi connectivity index (χ2n) is 4.18. The van der Waals surface area contributed by atoms with Gasteiger partial charge < -0.3 is 10.6 Å². The summed E-state index contributed by atoms with van der Waals surface area (Å²) in [5, 5.41) is 0. The molecule has 4 heteroatoms. The van der Waals surface area contributed by atoms with Crippen molar-refractivity contribution in [2.24, 2.45) is 5.73 Å². The van der Waals surface area contributed by atoms with Gasteiger partial charge in [0.1, 0.15) is 0 Å². The van der Waals surface area contributed by atoms with Crippen molar-refractivity contribution in [1.82, 2.24) is 4.90 Å². The van der Waals surface area contributed by atoms with E-state index < -0.39 is 0 Å². The Bertz CT molecular complexity index is 381. The summed E-state index contributed by atoms with van der Waals surface area (Å²) in [6.45, 7) is 2.61. The Balaban J connectivity index is 2.63. The monoisotopic (exact) mass is 298 g/mol. The lowest BCUT2D eigenvalue weighted by Gasteiger charge is -2.21. The van der Waals surface area contributed by atoms with Gasteiger partial charge in [-0.1, -0.05) is 47.5 Å². The fraction of sp³-hybridized carbons (Fsp3) is 0.462. The predicted octanol–water partition coefficient (Wildman–Crippen LogP) is 2.53.